The Labute approximate surface area is 133 Å². The van der Waals surface area contributed by atoms with E-state index in [1.807, 2.05) is 24.2 Å². The molecule has 1 aliphatic carbocycles. The highest BCUT2D eigenvalue weighted by Gasteiger charge is 2.36. The summed E-state index contributed by atoms with van der Waals surface area (Å²) in [4.78, 5) is 20.3. The van der Waals surface area contributed by atoms with Gasteiger partial charge in [-0.3, -0.25) is 4.79 Å². The highest BCUT2D eigenvalue weighted by atomic mass is 32.1. The van der Waals surface area contributed by atoms with Gasteiger partial charge in [-0.1, -0.05) is 0 Å². The summed E-state index contributed by atoms with van der Waals surface area (Å²) in [5.74, 6) is 0.610. The monoisotopic (exact) mass is 317 g/mol. The molecule has 2 fully saturated rings. The second-order valence-electron chi connectivity index (χ2n) is 5.97. The van der Waals surface area contributed by atoms with Crippen LogP contribution in [0.25, 0.3) is 0 Å². The van der Waals surface area contributed by atoms with Gasteiger partial charge in [-0.25, -0.2) is 4.98 Å². The molecule has 116 valence electrons. The number of morpholine rings is 1. The van der Waals surface area contributed by atoms with Crippen LogP contribution in [0.4, 0.5) is 0 Å². The maximum absolute atomic E-state index is 13.1. The zero-order chi connectivity index (χ0) is 15.1. The number of nitrogens with zero attached hydrogens (tertiary/aromatic N) is 3. The Morgan fingerprint density at radius 3 is 3.05 bits per heavy atom. The largest absolute Gasteiger partial charge is 0.377 e. The Kier molecular flexibility index (Phi) is 3.50. The first kappa shape index (κ1) is 14.0. The smallest absolute Gasteiger partial charge is 0.266 e. The Hall–Kier alpha value is -1.66. The summed E-state index contributed by atoms with van der Waals surface area (Å²) >= 11 is 1.47. The number of hydrogen-bond acceptors (Lipinski definition) is 4. The topological polar surface area (TPSA) is 47.4 Å². The number of carbonyl (C=O) groups is 1. The molecule has 1 amide bonds. The van der Waals surface area contributed by atoms with E-state index < -0.39 is 0 Å². The first-order valence-electron chi connectivity index (χ1n) is 7.69. The summed E-state index contributed by atoms with van der Waals surface area (Å²) in [7, 11) is 2.01. The third-order valence-corrected chi connectivity index (χ3v) is 5.30. The molecule has 0 bridgehead atoms. The summed E-state index contributed by atoms with van der Waals surface area (Å²) < 4.78 is 7.69. The minimum Gasteiger partial charge on any atom is -0.377 e. The van der Waals surface area contributed by atoms with Crippen LogP contribution in [0.5, 0.6) is 0 Å². The van der Waals surface area contributed by atoms with E-state index in [4.69, 9.17) is 4.74 Å². The van der Waals surface area contributed by atoms with E-state index in [0.717, 1.165) is 29.1 Å². The van der Waals surface area contributed by atoms with E-state index in [0.29, 0.717) is 25.7 Å². The van der Waals surface area contributed by atoms with Crippen LogP contribution in [0.1, 0.15) is 45.9 Å². The predicted molar refractivity (Wildman–Crippen MR) is 84.1 cm³/mol. The van der Waals surface area contributed by atoms with Gasteiger partial charge in [0.2, 0.25) is 0 Å². The fraction of sp³-hybridized carbons (Fsp3) is 0.500. The van der Waals surface area contributed by atoms with Crippen LogP contribution in [-0.4, -0.2) is 40.1 Å². The number of hydrogen-bond donors (Lipinski definition) is 0. The van der Waals surface area contributed by atoms with Gasteiger partial charge in [-0.05, 0) is 25.0 Å². The average molecular weight is 317 g/mol. The molecule has 5 nitrogen and oxygen atoms in total. The molecule has 2 aromatic rings. The van der Waals surface area contributed by atoms with Gasteiger partial charge in [-0.2, -0.15) is 0 Å². The SMILES string of the molecule is Cn1cccc1C1COCCN1C(=O)c1scnc1C1CC1. The Morgan fingerprint density at radius 1 is 1.45 bits per heavy atom. The van der Waals surface area contributed by atoms with Crippen LogP contribution in [0.15, 0.2) is 23.8 Å². The first-order valence-corrected chi connectivity index (χ1v) is 8.57. The molecule has 6 heteroatoms. The normalized spacial score (nSPS) is 22.0. The molecular weight excluding hydrogens is 298 g/mol. The van der Waals surface area contributed by atoms with Gasteiger partial charge in [0, 0.05) is 31.4 Å². The van der Waals surface area contributed by atoms with Crippen LogP contribution in [0.2, 0.25) is 0 Å². The third kappa shape index (κ3) is 2.36. The van der Waals surface area contributed by atoms with Crippen LogP contribution in [0, 0.1) is 0 Å². The molecule has 1 atom stereocenters. The molecule has 1 saturated heterocycles. The highest BCUT2D eigenvalue weighted by molar-refractivity contribution is 7.11. The minimum absolute atomic E-state index is 0.0181. The van der Waals surface area contributed by atoms with Crippen molar-refractivity contribution in [2.24, 2.45) is 7.05 Å². The van der Waals surface area contributed by atoms with Crippen molar-refractivity contribution in [3.8, 4) is 0 Å². The Bertz CT molecular complexity index is 689. The number of aromatic nitrogens is 2. The molecule has 1 unspecified atom stereocenters. The van der Waals surface area contributed by atoms with Crippen molar-refractivity contribution in [1.29, 1.82) is 0 Å². The van der Waals surface area contributed by atoms with E-state index in [1.165, 1.54) is 11.3 Å². The van der Waals surface area contributed by atoms with Crippen LogP contribution < -0.4 is 0 Å². The van der Waals surface area contributed by atoms with Crippen molar-refractivity contribution in [3.05, 3.63) is 40.1 Å². The van der Waals surface area contributed by atoms with E-state index in [9.17, 15) is 4.79 Å². The molecule has 1 saturated carbocycles. The second-order valence-corrected chi connectivity index (χ2v) is 6.83. The van der Waals surface area contributed by atoms with Crippen molar-refractivity contribution in [3.63, 3.8) is 0 Å². The van der Waals surface area contributed by atoms with Gasteiger partial charge < -0.3 is 14.2 Å². The quantitative estimate of drug-likeness (QED) is 0.874. The van der Waals surface area contributed by atoms with Crippen molar-refractivity contribution >= 4 is 17.2 Å². The van der Waals surface area contributed by atoms with Crippen molar-refractivity contribution < 1.29 is 9.53 Å². The molecule has 2 aliphatic rings. The third-order valence-electron chi connectivity index (χ3n) is 4.47. The zero-order valence-electron chi connectivity index (χ0n) is 12.6. The Balaban J connectivity index is 1.65. The molecule has 22 heavy (non-hydrogen) atoms. The maximum Gasteiger partial charge on any atom is 0.266 e. The number of amides is 1. The Morgan fingerprint density at radius 2 is 2.32 bits per heavy atom. The van der Waals surface area contributed by atoms with Gasteiger partial charge in [0.25, 0.3) is 5.91 Å². The van der Waals surface area contributed by atoms with Gasteiger partial charge in [-0.15, -0.1) is 11.3 Å². The number of thiazole rings is 1. The lowest BCUT2D eigenvalue weighted by Crippen LogP contribution is -2.44. The summed E-state index contributed by atoms with van der Waals surface area (Å²) in [6.07, 6.45) is 4.33. The molecule has 3 heterocycles. The van der Waals surface area contributed by atoms with Gasteiger partial charge in [0.1, 0.15) is 4.88 Å². The molecule has 4 rings (SSSR count). The van der Waals surface area contributed by atoms with E-state index in [1.54, 1.807) is 5.51 Å². The van der Waals surface area contributed by atoms with Gasteiger partial charge in [0.05, 0.1) is 30.5 Å². The minimum atomic E-state index is -0.0181. The van der Waals surface area contributed by atoms with E-state index in [2.05, 4.69) is 15.6 Å². The molecule has 0 aromatic carbocycles. The second kappa shape index (κ2) is 5.52. The lowest BCUT2D eigenvalue weighted by atomic mass is 10.1. The van der Waals surface area contributed by atoms with Crippen molar-refractivity contribution in [2.45, 2.75) is 24.8 Å². The molecule has 2 aromatic heterocycles. The van der Waals surface area contributed by atoms with E-state index in [-0.39, 0.29) is 11.9 Å². The summed E-state index contributed by atoms with van der Waals surface area (Å²) in [5, 5.41) is 0. The fourth-order valence-corrected chi connectivity index (χ4v) is 3.93. The van der Waals surface area contributed by atoms with Gasteiger partial charge >= 0.3 is 0 Å². The summed E-state index contributed by atoms with van der Waals surface area (Å²) in [6.45, 7) is 1.79. The van der Waals surface area contributed by atoms with Crippen LogP contribution in [-0.2, 0) is 11.8 Å². The fourth-order valence-electron chi connectivity index (χ4n) is 3.11. The number of carbonyl (C=O) groups excluding carboxylic acids is 1. The summed E-state index contributed by atoms with van der Waals surface area (Å²) in [5.41, 5.74) is 3.93. The lowest BCUT2D eigenvalue weighted by molar-refractivity contribution is -0.00444. The lowest BCUT2D eigenvalue weighted by Gasteiger charge is -2.35. The standard InChI is InChI=1S/C16H19N3O2S/c1-18-6-2-3-12(18)13-9-21-8-7-19(13)16(20)15-14(11-4-5-11)17-10-22-15/h2-3,6,10-11,13H,4-5,7-9H2,1H3. The number of rotatable bonds is 3. The van der Waals surface area contributed by atoms with Gasteiger partial charge in [0.15, 0.2) is 0 Å². The zero-order valence-corrected chi connectivity index (χ0v) is 13.4. The molecule has 0 spiro atoms. The van der Waals surface area contributed by atoms with Crippen LogP contribution in [0.3, 0.4) is 0 Å². The van der Waals surface area contributed by atoms with Crippen molar-refractivity contribution in [1.82, 2.24) is 14.5 Å². The number of aryl methyl sites for hydroxylation is 1. The number of ether oxygens (including phenoxy) is 1. The highest BCUT2D eigenvalue weighted by Crippen LogP contribution is 2.42. The van der Waals surface area contributed by atoms with Crippen LogP contribution >= 0.6 is 11.3 Å². The first-order chi connectivity index (χ1) is 10.8. The molecular formula is C16H19N3O2S. The van der Waals surface area contributed by atoms with E-state index >= 15 is 0 Å². The predicted octanol–water partition coefficient (Wildman–Crippen LogP) is 2.57. The molecule has 0 radical (unpaired) electrons. The molecule has 0 N–H and O–H groups in total. The van der Waals surface area contributed by atoms with Crippen molar-refractivity contribution in [2.75, 3.05) is 19.8 Å². The molecule has 1 aliphatic heterocycles. The summed E-state index contributed by atoms with van der Waals surface area (Å²) in [6, 6.07) is 4.05. The maximum atomic E-state index is 13.1. The average Bonchev–Trinajstić information content (AvgIpc) is 3.11.